The summed E-state index contributed by atoms with van der Waals surface area (Å²) in [5, 5.41) is 0.375. The van der Waals surface area contributed by atoms with Gasteiger partial charge in [0.15, 0.2) is 5.17 Å². The summed E-state index contributed by atoms with van der Waals surface area (Å²) in [5.41, 5.74) is 3.76. The van der Waals surface area contributed by atoms with Gasteiger partial charge in [0.25, 0.3) is 0 Å². The summed E-state index contributed by atoms with van der Waals surface area (Å²) in [5.74, 6) is -0.495. The normalized spacial score (nSPS) is 21.1. The number of benzene rings is 2. The van der Waals surface area contributed by atoms with E-state index in [1.807, 2.05) is 68.4 Å². The van der Waals surface area contributed by atoms with Gasteiger partial charge in [-0.1, -0.05) is 71.9 Å². The predicted octanol–water partition coefficient (Wildman–Crippen LogP) is 4.34. The van der Waals surface area contributed by atoms with Gasteiger partial charge >= 0.3 is 5.97 Å². The number of carbonyl (C=O) groups excluding carboxylic acids is 2. The van der Waals surface area contributed by atoms with Crippen LogP contribution in [0.1, 0.15) is 36.6 Å². The van der Waals surface area contributed by atoms with Crippen molar-refractivity contribution in [2.75, 3.05) is 6.61 Å². The quantitative estimate of drug-likeness (QED) is 0.709. The lowest BCUT2D eigenvalue weighted by Gasteiger charge is -2.33. The molecule has 4 rings (SSSR count). The Bertz CT molecular complexity index is 1010. The van der Waals surface area contributed by atoms with Crippen molar-refractivity contribution in [2.45, 2.75) is 32.1 Å². The fourth-order valence-electron chi connectivity index (χ4n) is 3.59. The number of aryl methyl sites for hydroxylation is 1. The first-order valence-electron chi connectivity index (χ1n) is 9.63. The molecule has 0 aromatic heterocycles. The Morgan fingerprint density at radius 1 is 1.14 bits per heavy atom. The molecule has 6 heteroatoms. The highest BCUT2D eigenvalue weighted by Crippen LogP contribution is 2.45. The largest absolute Gasteiger partial charge is 0.463 e. The van der Waals surface area contributed by atoms with Gasteiger partial charge in [-0.05, 0) is 26.3 Å². The van der Waals surface area contributed by atoms with Gasteiger partial charge in [-0.3, -0.25) is 9.69 Å². The molecular formula is C23H22N2O3S. The van der Waals surface area contributed by atoms with E-state index in [9.17, 15) is 9.59 Å². The first-order valence-corrected chi connectivity index (χ1v) is 10.5. The van der Waals surface area contributed by atoms with E-state index in [0.29, 0.717) is 16.4 Å². The van der Waals surface area contributed by atoms with Crippen molar-refractivity contribution < 1.29 is 14.3 Å². The summed E-state index contributed by atoms with van der Waals surface area (Å²) in [6, 6.07) is 16.9. The molecule has 0 radical (unpaired) electrons. The first kappa shape index (κ1) is 19.5. The van der Waals surface area contributed by atoms with Gasteiger partial charge in [0.05, 0.1) is 29.2 Å². The van der Waals surface area contributed by atoms with E-state index in [2.05, 4.69) is 0 Å². The van der Waals surface area contributed by atoms with Gasteiger partial charge < -0.3 is 4.74 Å². The van der Waals surface area contributed by atoms with Crippen molar-refractivity contribution in [3.63, 3.8) is 0 Å². The third-order valence-electron chi connectivity index (χ3n) is 5.00. The maximum Gasteiger partial charge on any atom is 0.338 e. The molecule has 148 valence electrons. The molecular weight excluding hydrogens is 384 g/mol. The molecule has 1 amide bonds. The minimum atomic E-state index is -0.567. The first-order chi connectivity index (χ1) is 14.0. The number of fused-ring (bicyclic) bond motifs is 1. The Kier molecular flexibility index (Phi) is 5.28. The van der Waals surface area contributed by atoms with Gasteiger partial charge in [-0.2, -0.15) is 0 Å². The van der Waals surface area contributed by atoms with Crippen molar-refractivity contribution in [3.05, 3.63) is 76.9 Å². The number of ether oxygens (including phenoxy) is 1. The second kappa shape index (κ2) is 7.87. The average Bonchev–Trinajstić information content (AvgIpc) is 3.02. The number of hydrogen-bond donors (Lipinski definition) is 0. The lowest BCUT2D eigenvalue weighted by atomic mass is 9.91. The van der Waals surface area contributed by atoms with Crippen molar-refractivity contribution >= 4 is 34.5 Å². The molecule has 29 heavy (non-hydrogen) atoms. The maximum atomic E-state index is 13.1. The van der Waals surface area contributed by atoms with Gasteiger partial charge in [0.2, 0.25) is 5.91 Å². The second-order valence-corrected chi connectivity index (χ2v) is 8.33. The van der Waals surface area contributed by atoms with Crippen LogP contribution in [0.4, 0.5) is 0 Å². The zero-order valence-corrected chi connectivity index (χ0v) is 17.4. The maximum absolute atomic E-state index is 13.1. The van der Waals surface area contributed by atoms with Crippen molar-refractivity contribution in [1.29, 1.82) is 0 Å². The minimum absolute atomic E-state index is 0.0479. The van der Waals surface area contributed by atoms with E-state index in [1.165, 1.54) is 11.8 Å². The summed E-state index contributed by atoms with van der Waals surface area (Å²) < 4.78 is 5.41. The predicted molar refractivity (Wildman–Crippen MR) is 115 cm³/mol. The zero-order chi connectivity index (χ0) is 20.5. The zero-order valence-electron chi connectivity index (χ0n) is 16.6. The Morgan fingerprint density at radius 2 is 1.83 bits per heavy atom. The van der Waals surface area contributed by atoms with E-state index < -0.39 is 12.0 Å². The molecule has 0 spiro atoms. The molecule has 0 bridgehead atoms. The second-order valence-electron chi connectivity index (χ2n) is 7.02. The number of hydrogen-bond acceptors (Lipinski definition) is 5. The number of amidine groups is 1. The molecule has 0 aliphatic carbocycles. The Morgan fingerprint density at radius 3 is 2.48 bits per heavy atom. The molecule has 2 atom stereocenters. The summed E-state index contributed by atoms with van der Waals surface area (Å²) in [4.78, 5) is 32.5. The lowest BCUT2D eigenvalue weighted by Crippen LogP contribution is -2.40. The smallest absolute Gasteiger partial charge is 0.338 e. The van der Waals surface area contributed by atoms with Crippen LogP contribution < -0.4 is 0 Å². The van der Waals surface area contributed by atoms with Crippen molar-refractivity contribution in [3.8, 4) is 0 Å². The van der Waals surface area contributed by atoms with Crippen LogP contribution in [0.2, 0.25) is 0 Å². The van der Waals surface area contributed by atoms with E-state index in [0.717, 1.165) is 16.7 Å². The van der Waals surface area contributed by atoms with E-state index in [-0.39, 0.29) is 17.8 Å². The third-order valence-corrected chi connectivity index (χ3v) is 6.06. The topological polar surface area (TPSA) is 59.0 Å². The van der Waals surface area contributed by atoms with Gasteiger partial charge in [0.1, 0.15) is 0 Å². The van der Waals surface area contributed by atoms with Crippen LogP contribution >= 0.6 is 11.8 Å². The third kappa shape index (κ3) is 3.49. The minimum Gasteiger partial charge on any atom is -0.463 e. The molecule has 2 heterocycles. The highest BCUT2D eigenvalue weighted by Gasteiger charge is 2.47. The van der Waals surface area contributed by atoms with Crippen LogP contribution in [0.25, 0.3) is 5.70 Å². The Hall–Kier alpha value is -2.86. The van der Waals surface area contributed by atoms with E-state index in [4.69, 9.17) is 9.73 Å². The standard InChI is InChI=1S/C23H22N2O3S/c1-4-28-22(27)18-19(16-8-6-5-7-9-16)24-23-25(21(26)15(3)29-23)20(18)17-12-10-14(2)11-13-17/h5-13,15,20H,4H2,1-3H3. The number of esters is 1. The highest BCUT2D eigenvalue weighted by molar-refractivity contribution is 8.15. The lowest BCUT2D eigenvalue weighted by molar-refractivity contribution is -0.139. The van der Waals surface area contributed by atoms with Crippen molar-refractivity contribution in [1.82, 2.24) is 4.90 Å². The number of nitrogens with zero attached hydrogens (tertiary/aromatic N) is 2. The molecule has 1 fully saturated rings. The number of amides is 1. The summed E-state index contributed by atoms with van der Waals surface area (Å²) in [7, 11) is 0. The molecule has 1 saturated heterocycles. The van der Waals surface area contributed by atoms with Gasteiger partial charge in [-0.15, -0.1) is 0 Å². The van der Waals surface area contributed by atoms with E-state index >= 15 is 0 Å². The number of aliphatic imine (C=N–C) groups is 1. The monoisotopic (exact) mass is 406 g/mol. The van der Waals surface area contributed by atoms with E-state index in [1.54, 1.807) is 11.8 Å². The van der Waals surface area contributed by atoms with Crippen LogP contribution in [-0.4, -0.2) is 33.8 Å². The Balaban J connectivity index is 1.97. The number of rotatable bonds is 4. The van der Waals surface area contributed by atoms with Crippen LogP contribution in [0.3, 0.4) is 0 Å². The molecule has 2 aromatic rings. The number of carbonyl (C=O) groups is 2. The molecule has 0 N–H and O–H groups in total. The van der Waals surface area contributed by atoms with Crippen LogP contribution in [0, 0.1) is 6.92 Å². The molecule has 2 aliphatic heterocycles. The summed E-state index contributed by atoms with van der Waals surface area (Å²) in [6.07, 6.45) is 0. The number of thioether (sulfide) groups is 1. The van der Waals surface area contributed by atoms with Crippen molar-refractivity contribution in [2.24, 2.45) is 4.99 Å². The van der Waals surface area contributed by atoms with Gasteiger partial charge in [0, 0.05) is 5.56 Å². The fraction of sp³-hybridized carbons (Fsp3) is 0.261. The van der Waals surface area contributed by atoms with Crippen LogP contribution in [0.15, 0.2) is 65.2 Å². The molecule has 2 unspecified atom stereocenters. The van der Waals surface area contributed by atoms with Crippen LogP contribution in [-0.2, 0) is 14.3 Å². The average molecular weight is 407 g/mol. The molecule has 2 aromatic carbocycles. The summed E-state index contributed by atoms with van der Waals surface area (Å²) in [6.45, 7) is 5.90. The SMILES string of the molecule is CCOC(=O)C1=C(c2ccccc2)N=C2SC(C)C(=O)N2C1c1ccc(C)cc1. The highest BCUT2D eigenvalue weighted by atomic mass is 32.2. The van der Waals surface area contributed by atoms with Gasteiger partial charge in [-0.25, -0.2) is 9.79 Å². The fourth-order valence-corrected chi connectivity index (χ4v) is 4.57. The molecule has 0 saturated carbocycles. The van der Waals surface area contributed by atoms with Crippen LogP contribution in [0.5, 0.6) is 0 Å². The molecule has 2 aliphatic rings. The Labute approximate surface area is 174 Å². The molecule has 5 nitrogen and oxygen atoms in total. The summed E-state index contributed by atoms with van der Waals surface area (Å²) >= 11 is 1.42.